The van der Waals surface area contributed by atoms with E-state index in [1.165, 1.54) is 7.11 Å². The van der Waals surface area contributed by atoms with E-state index in [0.717, 1.165) is 0 Å². The third kappa shape index (κ3) is 6.38. The van der Waals surface area contributed by atoms with E-state index in [4.69, 9.17) is 0 Å². The molecule has 1 aromatic carbocycles. The smallest absolute Gasteiger partial charge is 0.422 e. The zero-order valence-electron chi connectivity index (χ0n) is 14.8. The summed E-state index contributed by atoms with van der Waals surface area (Å²) in [5, 5.41) is 1.57. The summed E-state index contributed by atoms with van der Waals surface area (Å²) in [6, 6.07) is 0. The van der Waals surface area contributed by atoms with E-state index in [-0.39, 0.29) is 25.2 Å². The first kappa shape index (κ1) is 23.7. The number of ether oxygens (including phenoxy) is 1. The second-order valence-electron chi connectivity index (χ2n) is 5.90. The van der Waals surface area contributed by atoms with Crippen LogP contribution in [0.25, 0.3) is 0 Å². The van der Waals surface area contributed by atoms with E-state index in [0.29, 0.717) is 25.7 Å². The number of carbonyl (C=O) groups excluding carboxylic acids is 2. The van der Waals surface area contributed by atoms with E-state index in [1.54, 1.807) is 5.32 Å². The number of benzene rings is 1. The molecule has 4 nitrogen and oxygen atoms in total. The summed E-state index contributed by atoms with van der Waals surface area (Å²) in [5.74, 6) is -11.3. The van der Waals surface area contributed by atoms with Crippen LogP contribution in [-0.2, 0) is 20.5 Å². The van der Waals surface area contributed by atoms with Crippen LogP contribution in [-0.4, -0.2) is 19.0 Å². The fourth-order valence-electron chi connectivity index (χ4n) is 2.38. The number of unbranched alkanes of at least 4 members (excludes halogenated alkanes) is 4. The minimum atomic E-state index is -5.65. The third-order valence-electron chi connectivity index (χ3n) is 3.82. The molecule has 0 aromatic heterocycles. The molecule has 28 heavy (non-hydrogen) atoms. The molecule has 0 aliphatic heterocycles. The van der Waals surface area contributed by atoms with Crippen molar-refractivity contribution in [2.45, 2.75) is 51.1 Å². The maximum atomic E-state index is 13.7. The number of anilines is 1. The molecule has 0 unspecified atom stereocenters. The third-order valence-corrected chi connectivity index (χ3v) is 3.82. The summed E-state index contributed by atoms with van der Waals surface area (Å²) in [4.78, 5) is 22.6. The molecule has 1 amide bonds. The maximum Gasteiger partial charge on any atom is 0.422 e. The van der Waals surface area contributed by atoms with Gasteiger partial charge in [0.25, 0.3) is 0 Å². The van der Waals surface area contributed by atoms with Gasteiger partial charge in [-0.3, -0.25) is 9.59 Å². The van der Waals surface area contributed by atoms with Gasteiger partial charge in [0.05, 0.1) is 7.11 Å². The molecular weight excluding hydrogens is 399 g/mol. The van der Waals surface area contributed by atoms with Gasteiger partial charge in [-0.1, -0.05) is 19.3 Å². The van der Waals surface area contributed by atoms with Crippen LogP contribution in [0.1, 0.15) is 50.5 Å². The van der Waals surface area contributed by atoms with E-state index < -0.39 is 46.6 Å². The highest BCUT2D eigenvalue weighted by atomic mass is 19.4. The van der Waals surface area contributed by atoms with Crippen LogP contribution in [0.3, 0.4) is 0 Å². The number of halogens is 7. The van der Waals surface area contributed by atoms with Crippen molar-refractivity contribution in [3.8, 4) is 0 Å². The maximum absolute atomic E-state index is 13.7. The Hall–Kier alpha value is -2.33. The van der Waals surface area contributed by atoms with Crippen LogP contribution >= 0.6 is 0 Å². The number of amides is 1. The minimum absolute atomic E-state index is 0.251. The van der Waals surface area contributed by atoms with Gasteiger partial charge in [0.2, 0.25) is 5.91 Å². The lowest BCUT2D eigenvalue weighted by Gasteiger charge is -2.14. The average molecular weight is 417 g/mol. The van der Waals surface area contributed by atoms with Crippen molar-refractivity contribution in [2.24, 2.45) is 0 Å². The SMILES string of the molecule is COC(=O)CCCCCCCC(=O)Nc1c(F)c(F)c(C(F)(F)F)c(F)c1F. The largest absolute Gasteiger partial charge is 0.469 e. The lowest BCUT2D eigenvalue weighted by atomic mass is 10.1. The summed E-state index contributed by atoms with van der Waals surface area (Å²) in [6.45, 7) is 0. The molecule has 1 aromatic rings. The number of carbonyl (C=O) groups is 2. The first-order valence-corrected chi connectivity index (χ1v) is 8.30. The lowest BCUT2D eigenvalue weighted by Crippen LogP contribution is -2.20. The first-order chi connectivity index (χ1) is 13.0. The highest BCUT2D eigenvalue weighted by Crippen LogP contribution is 2.38. The van der Waals surface area contributed by atoms with Crippen LogP contribution in [0, 0.1) is 23.3 Å². The molecule has 0 saturated heterocycles. The number of hydrogen-bond acceptors (Lipinski definition) is 3. The van der Waals surface area contributed by atoms with Crippen LogP contribution in [0.5, 0.6) is 0 Å². The van der Waals surface area contributed by atoms with Crippen molar-refractivity contribution in [1.29, 1.82) is 0 Å². The molecule has 0 spiro atoms. The molecule has 0 aliphatic carbocycles. The molecule has 1 rings (SSSR count). The Morgan fingerprint density at radius 1 is 0.821 bits per heavy atom. The Kier molecular flexibility index (Phi) is 8.70. The predicted octanol–water partition coefficient (Wildman–Crippen LogP) is 5.10. The Morgan fingerprint density at radius 2 is 1.29 bits per heavy atom. The van der Waals surface area contributed by atoms with Crippen molar-refractivity contribution in [2.75, 3.05) is 12.4 Å². The highest BCUT2D eigenvalue weighted by Gasteiger charge is 2.42. The molecule has 1 N–H and O–H groups in total. The number of alkyl halides is 3. The molecule has 0 bridgehead atoms. The summed E-state index contributed by atoms with van der Waals surface area (Å²) in [6.07, 6.45) is -2.97. The van der Waals surface area contributed by atoms with Crippen molar-refractivity contribution in [3.63, 3.8) is 0 Å². The van der Waals surface area contributed by atoms with Crippen LogP contribution < -0.4 is 5.32 Å². The molecule has 0 aliphatic rings. The van der Waals surface area contributed by atoms with Crippen LogP contribution in [0.4, 0.5) is 36.4 Å². The summed E-state index contributed by atoms with van der Waals surface area (Å²) in [7, 11) is 1.26. The quantitative estimate of drug-likeness (QED) is 0.263. The fraction of sp³-hybridized carbons (Fsp3) is 0.529. The van der Waals surface area contributed by atoms with Crippen LogP contribution in [0.2, 0.25) is 0 Å². The number of nitrogens with one attached hydrogen (secondary N) is 1. The lowest BCUT2D eigenvalue weighted by molar-refractivity contribution is -0.143. The molecule has 0 atom stereocenters. The Morgan fingerprint density at radius 3 is 1.75 bits per heavy atom. The number of methoxy groups -OCH3 is 1. The van der Waals surface area contributed by atoms with Crippen molar-refractivity contribution in [1.82, 2.24) is 0 Å². The average Bonchev–Trinajstić information content (AvgIpc) is 2.61. The van der Waals surface area contributed by atoms with Gasteiger partial charge in [-0.05, 0) is 12.8 Å². The van der Waals surface area contributed by atoms with E-state index in [1.807, 2.05) is 0 Å². The van der Waals surface area contributed by atoms with Gasteiger partial charge in [0, 0.05) is 12.8 Å². The molecule has 0 radical (unpaired) electrons. The van der Waals surface area contributed by atoms with Gasteiger partial charge in [-0.15, -0.1) is 0 Å². The van der Waals surface area contributed by atoms with E-state index in [9.17, 15) is 40.3 Å². The Bertz CT molecular complexity index is 691. The number of rotatable bonds is 9. The van der Waals surface area contributed by atoms with Gasteiger partial charge in [-0.2, -0.15) is 13.2 Å². The second-order valence-corrected chi connectivity index (χ2v) is 5.90. The predicted molar refractivity (Wildman–Crippen MR) is 84.2 cm³/mol. The monoisotopic (exact) mass is 417 g/mol. The highest BCUT2D eigenvalue weighted by molar-refractivity contribution is 5.91. The molecule has 158 valence electrons. The number of hydrogen-bond donors (Lipinski definition) is 1. The van der Waals surface area contributed by atoms with Gasteiger partial charge >= 0.3 is 12.1 Å². The van der Waals surface area contributed by atoms with Crippen molar-refractivity contribution in [3.05, 3.63) is 28.8 Å². The summed E-state index contributed by atoms with van der Waals surface area (Å²) >= 11 is 0. The molecule has 0 saturated carbocycles. The summed E-state index contributed by atoms with van der Waals surface area (Å²) in [5.41, 5.74) is -4.31. The normalized spacial score (nSPS) is 11.4. The second kappa shape index (κ2) is 10.3. The zero-order chi connectivity index (χ0) is 21.5. The molecule has 0 fully saturated rings. The first-order valence-electron chi connectivity index (χ1n) is 8.30. The van der Waals surface area contributed by atoms with Gasteiger partial charge < -0.3 is 10.1 Å². The van der Waals surface area contributed by atoms with Gasteiger partial charge in [-0.25, -0.2) is 17.6 Å². The fourth-order valence-corrected chi connectivity index (χ4v) is 2.38. The minimum Gasteiger partial charge on any atom is -0.469 e. The Balaban J connectivity index is 2.60. The molecule has 11 heteroatoms. The van der Waals surface area contributed by atoms with E-state index >= 15 is 0 Å². The summed E-state index contributed by atoms with van der Waals surface area (Å²) < 4.78 is 96.3. The van der Waals surface area contributed by atoms with Crippen LogP contribution in [0.15, 0.2) is 0 Å². The molecule has 0 heterocycles. The topological polar surface area (TPSA) is 55.4 Å². The zero-order valence-corrected chi connectivity index (χ0v) is 14.8. The van der Waals surface area contributed by atoms with E-state index in [2.05, 4.69) is 4.74 Å². The number of esters is 1. The standard InChI is InChI=1S/C17H18F7NO3/c1-28-10(27)8-6-4-2-3-5-7-9(26)25-16-14(20)12(18)11(17(22,23)24)13(19)15(16)21/h2-8H2,1H3,(H,25,26). The van der Waals surface area contributed by atoms with Crippen molar-refractivity contribution < 1.29 is 45.1 Å². The van der Waals surface area contributed by atoms with Crippen molar-refractivity contribution >= 4 is 17.6 Å². The van der Waals surface area contributed by atoms with Gasteiger partial charge in [0.15, 0.2) is 23.3 Å². The van der Waals surface area contributed by atoms with Gasteiger partial charge in [0.1, 0.15) is 11.3 Å². The Labute approximate surface area is 156 Å². The molecular formula is C17H18F7NO3.